The summed E-state index contributed by atoms with van der Waals surface area (Å²) in [6.07, 6.45) is 4.98. The van der Waals surface area contributed by atoms with Crippen molar-refractivity contribution in [2.24, 2.45) is 11.7 Å². The smallest absolute Gasteiger partial charge is 0.282 e. The van der Waals surface area contributed by atoms with Crippen molar-refractivity contribution in [1.82, 2.24) is 8.61 Å². The van der Waals surface area contributed by atoms with Gasteiger partial charge < -0.3 is 5.73 Å². The number of nitrogens with two attached hydrogens (primary N) is 1. The van der Waals surface area contributed by atoms with Gasteiger partial charge in [0.15, 0.2) is 0 Å². The Labute approximate surface area is 110 Å². The summed E-state index contributed by atoms with van der Waals surface area (Å²) in [7, 11) is -3.27. The van der Waals surface area contributed by atoms with Crippen LogP contribution in [-0.2, 0) is 10.2 Å². The molecule has 2 saturated heterocycles. The first-order chi connectivity index (χ1) is 8.59. The second kappa shape index (κ2) is 5.86. The van der Waals surface area contributed by atoms with Crippen LogP contribution in [0.2, 0.25) is 0 Å². The zero-order valence-corrected chi connectivity index (χ0v) is 12.0. The quantitative estimate of drug-likeness (QED) is 0.824. The van der Waals surface area contributed by atoms with E-state index in [0.717, 1.165) is 32.1 Å². The predicted molar refractivity (Wildman–Crippen MR) is 72.3 cm³/mol. The lowest BCUT2D eigenvalue weighted by atomic mass is 9.90. The third-order valence-electron chi connectivity index (χ3n) is 4.31. The van der Waals surface area contributed by atoms with E-state index < -0.39 is 10.2 Å². The summed E-state index contributed by atoms with van der Waals surface area (Å²) in [5, 5.41) is 0. The van der Waals surface area contributed by atoms with E-state index >= 15 is 0 Å². The van der Waals surface area contributed by atoms with Gasteiger partial charge >= 0.3 is 0 Å². The summed E-state index contributed by atoms with van der Waals surface area (Å²) >= 11 is 0. The molecule has 2 aliphatic heterocycles. The molecule has 0 spiro atoms. The van der Waals surface area contributed by atoms with Crippen molar-refractivity contribution in [1.29, 1.82) is 0 Å². The zero-order valence-electron chi connectivity index (χ0n) is 11.2. The fraction of sp³-hybridized carbons (Fsp3) is 1.00. The molecular formula is C12H25N3O2S. The molecule has 2 aliphatic rings. The molecule has 0 aromatic rings. The Morgan fingerprint density at radius 2 is 1.89 bits per heavy atom. The van der Waals surface area contributed by atoms with E-state index in [9.17, 15) is 8.42 Å². The molecule has 0 amide bonds. The highest BCUT2D eigenvalue weighted by molar-refractivity contribution is 7.86. The standard InChI is InChI=1S/C12H25N3O2S/c1-2-11-5-8-15(12(9-11)10-13)18(16,17)14-6-3-4-7-14/h11-12H,2-10,13H2,1H3. The van der Waals surface area contributed by atoms with Gasteiger partial charge in [0.1, 0.15) is 0 Å². The van der Waals surface area contributed by atoms with E-state index in [0.29, 0.717) is 32.1 Å². The summed E-state index contributed by atoms with van der Waals surface area (Å²) < 4.78 is 28.4. The van der Waals surface area contributed by atoms with Gasteiger partial charge in [0.25, 0.3) is 10.2 Å². The zero-order chi connectivity index (χ0) is 13.2. The molecule has 0 saturated carbocycles. The molecular weight excluding hydrogens is 250 g/mol. The maximum atomic E-state index is 12.5. The maximum absolute atomic E-state index is 12.5. The van der Waals surface area contributed by atoms with Crippen LogP contribution in [-0.4, -0.2) is 49.2 Å². The van der Waals surface area contributed by atoms with Gasteiger partial charge in [-0.15, -0.1) is 0 Å². The van der Waals surface area contributed by atoms with Crippen molar-refractivity contribution >= 4 is 10.2 Å². The van der Waals surface area contributed by atoms with Crippen molar-refractivity contribution in [2.75, 3.05) is 26.2 Å². The van der Waals surface area contributed by atoms with Gasteiger partial charge in [-0.1, -0.05) is 13.3 Å². The largest absolute Gasteiger partial charge is 0.329 e. The molecule has 0 aromatic carbocycles. The number of rotatable bonds is 4. The number of hydrogen-bond donors (Lipinski definition) is 1. The minimum absolute atomic E-state index is 0.00528. The Bertz CT molecular complexity index is 366. The molecule has 18 heavy (non-hydrogen) atoms. The monoisotopic (exact) mass is 275 g/mol. The van der Waals surface area contributed by atoms with Gasteiger partial charge in [-0.25, -0.2) is 0 Å². The number of piperidine rings is 1. The second-order valence-corrected chi connectivity index (χ2v) is 7.29. The first kappa shape index (κ1) is 14.2. The van der Waals surface area contributed by atoms with E-state index in [2.05, 4.69) is 6.92 Å². The molecule has 0 aliphatic carbocycles. The number of hydrogen-bond acceptors (Lipinski definition) is 3. The van der Waals surface area contributed by atoms with Crippen LogP contribution in [0.25, 0.3) is 0 Å². The lowest BCUT2D eigenvalue weighted by Crippen LogP contribution is -2.53. The average Bonchev–Trinajstić information content (AvgIpc) is 2.92. The van der Waals surface area contributed by atoms with Crippen LogP contribution in [0.15, 0.2) is 0 Å². The summed E-state index contributed by atoms with van der Waals surface area (Å²) in [4.78, 5) is 0. The Kier molecular flexibility index (Phi) is 4.64. The molecule has 0 bridgehead atoms. The van der Waals surface area contributed by atoms with Gasteiger partial charge in [0, 0.05) is 32.2 Å². The molecule has 2 unspecified atom stereocenters. The van der Waals surface area contributed by atoms with Crippen LogP contribution in [0, 0.1) is 5.92 Å². The Hall–Kier alpha value is -0.170. The van der Waals surface area contributed by atoms with E-state index in [1.54, 1.807) is 8.61 Å². The summed E-state index contributed by atoms with van der Waals surface area (Å²) in [6, 6.07) is -0.00528. The Morgan fingerprint density at radius 3 is 2.44 bits per heavy atom. The molecule has 2 fully saturated rings. The second-order valence-electron chi connectivity index (χ2n) is 5.41. The molecule has 106 valence electrons. The first-order valence-electron chi connectivity index (χ1n) is 7.06. The molecule has 6 heteroatoms. The van der Waals surface area contributed by atoms with Crippen molar-refractivity contribution in [3.05, 3.63) is 0 Å². The number of nitrogens with zero attached hydrogens (tertiary/aromatic N) is 2. The van der Waals surface area contributed by atoms with Crippen LogP contribution in [0.1, 0.15) is 39.0 Å². The summed E-state index contributed by atoms with van der Waals surface area (Å²) in [6.45, 7) is 4.59. The topological polar surface area (TPSA) is 66.6 Å². The van der Waals surface area contributed by atoms with E-state index in [1.807, 2.05) is 0 Å². The van der Waals surface area contributed by atoms with Crippen molar-refractivity contribution in [3.8, 4) is 0 Å². The molecule has 0 radical (unpaired) electrons. The van der Waals surface area contributed by atoms with E-state index in [1.165, 1.54) is 0 Å². The van der Waals surface area contributed by atoms with Gasteiger partial charge in [-0.3, -0.25) is 0 Å². The minimum Gasteiger partial charge on any atom is -0.329 e. The predicted octanol–water partition coefficient (Wildman–Crippen LogP) is 0.776. The molecule has 5 nitrogen and oxygen atoms in total. The fourth-order valence-corrected chi connectivity index (χ4v) is 4.97. The highest BCUT2D eigenvalue weighted by Crippen LogP contribution is 2.29. The molecule has 2 heterocycles. The summed E-state index contributed by atoms with van der Waals surface area (Å²) in [5.41, 5.74) is 5.78. The average molecular weight is 275 g/mol. The van der Waals surface area contributed by atoms with Crippen molar-refractivity contribution in [3.63, 3.8) is 0 Å². The van der Waals surface area contributed by atoms with E-state index in [-0.39, 0.29) is 6.04 Å². The maximum Gasteiger partial charge on any atom is 0.282 e. The molecule has 0 aromatic heterocycles. The highest BCUT2D eigenvalue weighted by atomic mass is 32.2. The fourth-order valence-electron chi connectivity index (χ4n) is 3.07. The van der Waals surface area contributed by atoms with Crippen LogP contribution >= 0.6 is 0 Å². The lowest BCUT2D eigenvalue weighted by Gasteiger charge is -2.39. The normalized spacial score (nSPS) is 31.9. The summed E-state index contributed by atoms with van der Waals surface area (Å²) in [5.74, 6) is 0.628. The van der Waals surface area contributed by atoms with Crippen LogP contribution in [0.4, 0.5) is 0 Å². The third-order valence-corrected chi connectivity index (χ3v) is 6.40. The molecule has 2 atom stereocenters. The molecule has 2 rings (SSSR count). The Morgan fingerprint density at radius 1 is 1.22 bits per heavy atom. The van der Waals surface area contributed by atoms with Crippen molar-refractivity contribution in [2.45, 2.75) is 45.1 Å². The van der Waals surface area contributed by atoms with Crippen molar-refractivity contribution < 1.29 is 8.42 Å². The highest BCUT2D eigenvalue weighted by Gasteiger charge is 2.38. The van der Waals surface area contributed by atoms with Gasteiger partial charge in [-0.2, -0.15) is 17.0 Å². The van der Waals surface area contributed by atoms with Gasteiger partial charge in [-0.05, 0) is 31.6 Å². The lowest BCUT2D eigenvalue weighted by molar-refractivity contribution is 0.188. The van der Waals surface area contributed by atoms with Crippen LogP contribution < -0.4 is 5.73 Å². The minimum atomic E-state index is -3.27. The van der Waals surface area contributed by atoms with Crippen LogP contribution in [0.5, 0.6) is 0 Å². The third kappa shape index (κ3) is 2.71. The Balaban J connectivity index is 2.11. The van der Waals surface area contributed by atoms with Crippen LogP contribution in [0.3, 0.4) is 0 Å². The SMILES string of the molecule is CCC1CCN(S(=O)(=O)N2CCCC2)C(CN)C1. The van der Waals surface area contributed by atoms with E-state index in [4.69, 9.17) is 5.73 Å². The van der Waals surface area contributed by atoms with Gasteiger partial charge in [0.05, 0.1) is 0 Å². The molecule has 2 N–H and O–H groups in total. The van der Waals surface area contributed by atoms with Gasteiger partial charge in [0.2, 0.25) is 0 Å². The first-order valence-corrected chi connectivity index (χ1v) is 8.46.